The summed E-state index contributed by atoms with van der Waals surface area (Å²) in [4.78, 5) is 0. The first-order valence-corrected chi connectivity index (χ1v) is 5.89. The number of anilines is 1. The summed E-state index contributed by atoms with van der Waals surface area (Å²) in [6.07, 6.45) is 0. The van der Waals surface area contributed by atoms with Crippen LogP contribution in [0, 0.1) is 0 Å². The van der Waals surface area contributed by atoms with Crippen LogP contribution in [-0.4, -0.2) is 12.2 Å². The van der Waals surface area contributed by atoms with Crippen LogP contribution < -0.4 is 10.1 Å². The Balaban J connectivity index is 2.06. The lowest BCUT2D eigenvalue weighted by atomic mass is 10.1. The van der Waals surface area contributed by atoms with E-state index >= 15 is 0 Å². The fourth-order valence-electron chi connectivity index (χ4n) is 1.81. The van der Waals surface area contributed by atoms with Crippen LogP contribution in [0.2, 0.25) is 0 Å². The number of rotatable bonds is 5. The summed E-state index contributed by atoms with van der Waals surface area (Å²) < 4.78 is 5.17. The van der Waals surface area contributed by atoms with E-state index < -0.39 is 0 Å². The Morgan fingerprint density at radius 1 is 1.06 bits per heavy atom. The first kappa shape index (κ1) is 12.5. The largest absolute Gasteiger partial charge is 0.497 e. The Kier molecular flexibility index (Phi) is 4.20. The Morgan fingerprint density at radius 2 is 1.83 bits per heavy atom. The van der Waals surface area contributed by atoms with E-state index in [1.54, 1.807) is 7.11 Å². The second kappa shape index (κ2) is 6.07. The summed E-state index contributed by atoms with van der Waals surface area (Å²) in [6, 6.07) is 15.6. The summed E-state index contributed by atoms with van der Waals surface area (Å²) in [6.45, 7) is 0.750. The zero-order valence-electron chi connectivity index (χ0n) is 10.4. The molecule has 0 bridgehead atoms. The maximum atomic E-state index is 9.25. The standard InChI is InChI=1S/C15H17NO2/c1-18-15-8-4-7-14(9-15)16-10-12-5-2-3-6-13(12)11-17/h2-9,16-17H,10-11H2,1H3. The van der Waals surface area contributed by atoms with Gasteiger partial charge in [-0.1, -0.05) is 30.3 Å². The molecule has 2 rings (SSSR count). The topological polar surface area (TPSA) is 41.5 Å². The van der Waals surface area contributed by atoms with Crippen molar-refractivity contribution in [1.29, 1.82) is 0 Å². The number of hydrogen-bond donors (Lipinski definition) is 2. The lowest BCUT2D eigenvalue weighted by Gasteiger charge is -2.10. The van der Waals surface area contributed by atoms with Gasteiger partial charge < -0.3 is 15.2 Å². The number of ether oxygens (including phenoxy) is 1. The van der Waals surface area contributed by atoms with Crippen molar-refractivity contribution >= 4 is 5.69 Å². The van der Waals surface area contributed by atoms with Crippen LogP contribution in [-0.2, 0) is 13.2 Å². The molecule has 0 saturated heterocycles. The molecule has 2 aromatic carbocycles. The van der Waals surface area contributed by atoms with Crippen LogP contribution in [0.25, 0.3) is 0 Å². The third-order valence-electron chi connectivity index (χ3n) is 2.84. The van der Waals surface area contributed by atoms with E-state index in [1.165, 1.54) is 0 Å². The highest BCUT2D eigenvalue weighted by Crippen LogP contribution is 2.18. The van der Waals surface area contributed by atoms with Crippen LogP contribution in [0.4, 0.5) is 5.69 Å². The van der Waals surface area contributed by atoms with Gasteiger partial charge in [0, 0.05) is 18.3 Å². The van der Waals surface area contributed by atoms with Crippen molar-refractivity contribution in [2.45, 2.75) is 13.2 Å². The van der Waals surface area contributed by atoms with Crippen LogP contribution in [0.5, 0.6) is 5.75 Å². The van der Waals surface area contributed by atoms with Crippen molar-refractivity contribution in [1.82, 2.24) is 0 Å². The highest BCUT2D eigenvalue weighted by atomic mass is 16.5. The molecule has 0 aliphatic carbocycles. The molecular formula is C15H17NO2. The van der Waals surface area contributed by atoms with Gasteiger partial charge in [-0.05, 0) is 23.3 Å². The van der Waals surface area contributed by atoms with Crippen LogP contribution in [0.15, 0.2) is 48.5 Å². The Hall–Kier alpha value is -2.00. The van der Waals surface area contributed by atoms with Gasteiger partial charge >= 0.3 is 0 Å². The number of nitrogens with one attached hydrogen (secondary N) is 1. The SMILES string of the molecule is COc1cccc(NCc2ccccc2CO)c1. The molecule has 0 aromatic heterocycles. The Bertz CT molecular complexity index is 511. The second-order valence-electron chi connectivity index (χ2n) is 4.01. The molecule has 0 atom stereocenters. The van der Waals surface area contributed by atoms with Gasteiger partial charge in [-0.3, -0.25) is 0 Å². The van der Waals surface area contributed by atoms with E-state index in [-0.39, 0.29) is 6.61 Å². The van der Waals surface area contributed by atoms with Crippen molar-refractivity contribution in [3.8, 4) is 5.75 Å². The van der Waals surface area contributed by atoms with Gasteiger partial charge in [0.1, 0.15) is 5.75 Å². The summed E-state index contributed by atoms with van der Waals surface area (Å²) >= 11 is 0. The van der Waals surface area contributed by atoms with Gasteiger partial charge in [-0.15, -0.1) is 0 Å². The van der Waals surface area contributed by atoms with E-state index in [0.29, 0.717) is 6.54 Å². The Morgan fingerprint density at radius 3 is 2.56 bits per heavy atom. The van der Waals surface area contributed by atoms with Crippen molar-refractivity contribution in [3.63, 3.8) is 0 Å². The average molecular weight is 243 g/mol. The van der Waals surface area contributed by atoms with E-state index in [4.69, 9.17) is 4.74 Å². The molecule has 0 aliphatic rings. The van der Waals surface area contributed by atoms with Gasteiger partial charge in [0.05, 0.1) is 13.7 Å². The Labute approximate surface area is 107 Å². The molecule has 0 fully saturated rings. The smallest absolute Gasteiger partial charge is 0.120 e. The number of aliphatic hydroxyl groups excluding tert-OH is 1. The summed E-state index contributed by atoms with van der Waals surface area (Å²) in [5.74, 6) is 0.829. The quantitative estimate of drug-likeness (QED) is 0.848. The molecule has 0 saturated carbocycles. The molecule has 0 aliphatic heterocycles. The van der Waals surface area contributed by atoms with Gasteiger partial charge in [-0.2, -0.15) is 0 Å². The second-order valence-corrected chi connectivity index (χ2v) is 4.01. The fourth-order valence-corrected chi connectivity index (χ4v) is 1.81. The fraction of sp³-hybridized carbons (Fsp3) is 0.200. The molecule has 94 valence electrons. The lowest BCUT2D eigenvalue weighted by molar-refractivity contribution is 0.280. The van der Waals surface area contributed by atoms with Crippen molar-refractivity contribution < 1.29 is 9.84 Å². The molecule has 18 heavy (non-hydrogen) atoms. The molecule has 3 nitrogen and oxygen atoms in total. The van der Waals surface area contributed by atoms with Crippen molar-refractivity contribution in [2.24, 2.45) is 0 Å². The molecule has 0 radical (unpaired) electrons. The summed E-state index contributed by atoms with van der Waals surface area (Å²) in [7, 11) is 1.65. The number of methoxy groups -OCH3 is 1. The van der Waals surface area contributed by atoms with Gasteiger partial charge in [0.25, 0.3) is 0 Å². The number of hydrogen-bond acceptors (Lipinski definition) is 3. The highest BCUT2D eigenvalue weighted by molar-refractivity contribution is 5.48. The minimum atomic E-state index is 0.0654. The third kappa shape index (κ3) is 3.02. The summed E-state index contributed by atoms with van der Waals surface area (Å²) in [5.41, 5.74) is 3.05. The van der Waals surface area contributed by atoms with Crippen molar-refractivity contribution in [2.75, 3.05) is 12.4 Å². The molecule has 3 heteroatoms. The first-order valence-electron chi connectivity index (χ1n) is 5.89. The molecule has 0 amide bonds. The zero-order chi connectivity index (χ0) is 12.8. The minimum Gasteiger partial charge on any atom is -0.497 e. The molecule has 2 N–H and O–H groups in total. The lowest BCUT2D eigenvalue weighted by Crippen LogP contribution is -2.03. The van der Waals surface area contributed by atoms with Crippen LogP contribution >= 0.6 is 0 Å². The van der Waals surface area contributed by atoms with E-state index in [1.807, 2.05) is 48.5 Å². The average Bonchev–Trinajstić information content (AvgIpc) is 2.45. The predicted octanol–water partition coefficient (Wildman–Crippen LogP) is 2.80. The monoisotopic (exact) mass is 243 g/mol. The van der Waals surface area contributed by atoms with E-state index in [2.05, 4.69) is 5.32 Å². The normalized spacial score (nSPS) is 10.1. The first-order chi connectivity index (χ1) is 8.83. The van der Waals surface area contributed by atoms with Crippen LogP contribution in [0.3, 0.4) is 0 Å². The predicted molar refractivity (Wildman–Crippen MR) is 72.7 cm³/mol. The van der Waals surface area contributed by atoms with Gasteiger partial charge in [0.2, 0.25) is 0 Å². The maximum Gasteiger partial charge on any atom is 0.120 e. The number of benzene rings is 2. The third-order valence-corrected chi connectivity index (χ3v) is 2.84. The van der Waals surface area contributed by atoms with Gasteiger partial charge in [0.15, 0.2) is 0 Å². The molecule has 0 heterocycles. The molecule has 0 unspecified atom stereocenters. The van der Waals surface area contributed by atoms with Crippen molar-refractivity contribution in [3.05, 3.63) is 59.7 Å². The van der Waals surface area contributed by atoms with E-state index in [0.717, 1.165) is 22.6 Å². The minimum absolute atomic E-state index is 0.0654. The summed E-state index contributed by atoms with van der Waals surface area (Å²) in [5, 5.41) is 12.6. The molecule has 2 aromatic rings. The van der Waals surface area contributed by atoms with Gasteiger partial charge in [-0.25, -0.2) is 0 Å². The van der Waals surface area contributed by atoms with E-state index in [9.17, 15) is 5.11 Å². The number of aliphatic hydroxyl groups is 1. The molecular weight excluding hydrogens is 226 g/mol. The highest BCUT2D eigenvalue weighted by Gasteiger charge is 2.00. The maximum absolute atomic E-state index is 9.25. The molecule has 0 spiro atoms. The zero-order valence-corrected chi connectivity index (χ0v) is 10.4. The van der Waals surface area contributed by atoms with Crippen LogP contribution in [0.1, 0.15) is 11.1 Å².